The number of carbonyl (C=O) groups is 4. The zero-order valence-electron chi connectivity index (χ0n) is 11.7. The van der Waals surface area contributed by atoms with Crippen LogP contribution < -0.4 is 10.5 Å². The molecule has 0 saturated carbocycles. The number of benzene rings is 1. The Kier molecular flexibility index (Phi) is 4.31. The van der Waals surface area contributed by atoms with Crippen molar-refractivity contribution in [3.05, 3.63) is 35.4 Å². The second kappa shape index (κ2) is 6.17. The molecule has 1 N–H and O–H groups in total. The van der Waals surface area contributed by atoms with Gasteiger partial charge in [0, 0.05) is 0 Å². The van der Waals surface area contributed by atoms with Crippen LogP contribution in [0.15, 0.2) is 29.4 Å². The number of hydrazone groups is 1. The molecular formula is C14H12N3O5-. The van der Waals surface area contributed by atoms with E-state index < -0.39 is 30.1 Å². The first-order valence-corrected chi connectivity index (χ1v) is 6.37. The normalized spacial score (nSPS) is 14.0. The molecule has 114 valence electrons. The molecule has 8 heteroatoms. The van der Waals surface area contributed by atoms with Gasteiger partial charge >= 0.3 is 0 Å². The van der Waals surface area contributed by atoms with E-state index in [0.29, 0.717) is 11.1 Å². The molecule has 0 atom stereocenters. The summed E-state index contributed by atoms with van der Waals surface area (Å²) in [6, 6.07) is 6.44. The second-order valence-corrected chi connectivity index (χ2v) is 4.67. The second-order valence-electron chi connectivity index (χ2n) is 4.67. The molecule has 0 spiro atoms. The van der Waals surface area contributed by atoms with E-state index >= 15 is 0 Å². The van der Waals surface area contributed by atoms with Gasteiger partial charge in [-0.05, 0) is 19.1 Å². The Labute approximate surface area is 125 Å². The Hall–Kier alpha value is -3.03. The summed E-state index contributed by atoms with van der Waals surface area (Å²) in [5, 5.41) is 13.9. The minimum atomic E-state index is -1.52. The molecule has 1 aromatic rings. The highest BCUT2D eigenvalue weighted by molar-refractivity contribution is 6.22. The van der Waals surface area contributed by atoms with Crippen LogP contribution in [-0.4, -0.2) is 40.8 Å². The number of carbonyl (C=O) groups excluding carboxylic acids is 4. The summed E-state index contributed by atoms with van der Waals surface area (Å²) < 4.78 is 0. The fourth-order valence-electron chi connectivity index (χ4n) is 1.98. The highest BCUT2D eigenvalue weighted by Gasteiger charge is 2.35. The van der Waals surface area contributed by atoms with Gasteiger partial charge in [-0.25, -0.2) is 5.43 Å². The number of hydrogen-bond acceptors (Lipinski definition) is 6. The number of carboxylic acid groups (broad SMARTS) is 1. The lowest BCUT2D eigenvalue weighted by molar-refractivity contribution is -0.304. The Morgan fingerprint density at radius 3 is 2.23 bits per heavy atom. The first-order chi connectivity index (χ1) is 10.4. The number of nitrogens with one attached hydrogen (secondary N) is 1. The van der Waals surface area contributed by atoms with Crippen LogP contribution >= 0.6 is 0 Å². The maximum absolute atomic E-state index is 12.1. The van der Waals surface area contributed by atoms with Gasteiger partial charge in [-0.1, -0.05) is 12.1 Å². The van der Waals surface area contributed by atoms with Crippen LogP contribution in [0.3, 0.4) is 0 Å². The Balaban J connectivity index is 2.03. The van der Waals surface area contributed by atoms with Crippen molar-refractivity contribution in [1.82, 2.24) is 10.3 Å². The molecule has 0 aliphatic carbocycles. The lowest BCUT2D eigenvalue weighted by atomic mass is 10.1. The maximum atomic E-state index is 12.1. The van der Waals surface area contributed by atoms with Crippen molar-refractivity contribution in [3.8, 4) is 0 Å². The molecule has 22 heavy (non-hydrogen) atoms. The fourth-order valence-corrected chi connectivity index (χ4v) is 1.98. The third kappa shape index (κ3) is 3.17. The van der Waals surface area contributed by atoms with E-state index in [4.69, 9.17) is 0 Å². The minimum absolute atomic E-state index is 0.0993. The number of imide groups is 1. The number of aliphatic carboxylic acids is 1. The zero-order chi connectivity index (χ0) is 16.3. The summed E-state index contributed by atoms with van der Waals surface area (Å²) in [5.74, 6) is -3.24. The van der Waals surface area contributed by atoms with Crippen LogP contribution in [0.25, 0.3) is 0 Å². The third-order valence-corrected chi connectivity index (χ3v) is 2.94. The first-order valence-electron chi connectivity index (χ1n) is 6.37. The van der Waals surface area contributed by atoms with Crippen molar-refractivity contribution in [3.63, 3.8) is 0 Å². The summed E-state index contributed by atoms with van der Waals surface area (Å²) in [6.07, 6.45) is -0.816. The average molecular weight is 302 g/mol. The Morgan fingerprint density at radius 2 is 1.73 bits per heavy atom. The SMILES string of the molecule is C/C(CN1C(=O)c2ccccc2C1=O)=N/NC(=O)CC(=O)[O-]. The molecule has 0 saturated heterocycles. The van der Waals surface area contributed by atoms with E-state index in [-0.39, 0.29) is 12.3 Å². The maximum Gasteiger partial charge on any atom is 0.261 e. The van der Waals surface area contributed by atoms with Crippen LogP contribution in [0.5, 0.6) is 0 Å². The smallest absolute Gasteiger partial charge is 0.261 e. The van der Waals surface area contributed by atoms with Gasteiger partial charge < -0.3 is 9.90 Å². The van der Waals surface area contributed by atoms with Crippen LogP contribution in [0.4, 0.5) is 0 Å². The van der Waals surface area contributed by atoms with Crippen molar-refractivity contribution in [2.24, 2.45) is 5.10 Å². The predicted molar refractivity (Wildman–Crippen MR) is 72.7 cm³/mol. The van der Waals surface area contributed by atoms with E-state index in [1.165, 1.54) is 6.92 Å². The molecule has 2 rings (SSSR count). The van der Waals surface area contributed by atoms with Gasteiger partial charge in [0.05, 0.1) is 35.8 Å². The number of nitrogens with zero attached hydrogens (tertiary/aromatic N) is 2. The predicted octanol–water partition coefficient (Wildman–Crippen LogP) is -1.09. The summed E-state index contributed by atoms with van der Waals surface area (Å²) in [6.45, 7) is 1.40. The molecule has 1 heterocycles. The van der Waals surface area contributed by atoms with E-state index in [9.17, 15) is 24.3 Å². The van der Waals surface area contributed by atoms with Gasteiger partial charge in [-0.2, -0.15) is 5.10 Å². The molecule has 1 aromatic carbocycles. The van der Waals surface area contributed by atoms with E-state index in [0.717, 1.165) is 4.90 Å². The molecule has 0 radical (unpaired) electrons. The molecule has 0 bridgehead atoms. The van der Waals surface area contributed by atoms with Crippen molar-refractivity contribution >= 4 is 29.4 Å². The van der Waals surface area contributed by atoms with Crippen LogP contribution in [0.1, 0.15) is 34.1 Å². The van der Waals surface area contributed by atoms with Crippen molar-refractivity contribution in [1.29, 1.82) is 0 Å². The van der Waals surface area contributed by atoms with Gasteiger partial charge in [0.15, 0.2) is 0 Å². The summed E-state index contributed by atoms with van der Waals surface area (Å²) in [7, 11) is 0. The average Bonchev–Trinajstić information content (AvgIpc) is 2.70. The van der Waals surface area contributed by atoms with Crippen molar-refractivity contribution < 1.29 is 24.3 Å². The van der Waals surface area contributed by atoms with Gasteiger partial charge in [0.2, 0.25) is 5.91 Å². The monoisotopic (exact) mass is 302 g/mol. The van der Waals surface area contributed by atoms with Gasteiger partial charge in [-0.15, -0.1) is 0 Å². The highest BCUT2D eigenvalue weighted by Crippen LogP contribution is 2.21. The van der Waals surface area contributed by atoms with Gasteiger partial charge in [0.25, 0.3) is 11.8 Å². The Morgan fingerprint density at radius 1 is 1.18 bits per heavy atom. The number of fused-ring (bicyclic) bond motifs is 1. The largest absolute Gasteiger partial charge is 0.550 e. The van der Waals surface area contributed by atoms with Gasteiger partial charge in [0.1, 0.15) is 0 Å². The minimum Gasteiger partial charge on any atom is -0.550 e. The number of rotatable bonds is 5. The number of carboxylic acids is 1. The van der Waals surface area contributed by atoms with E-state index in [2.05, 4.69) is 5.10 Å². The molecule has 1 aliphatic rings. The molecule has 0 fully saturated rings. The molecule has 0 aromatic heterocycles. The van der Waals surface area contributed by atoms with Crippen molar-refractivity contribution in [2.45, 2.75) is 13.3 Å². The molecule has 0 unspecified atom stereocenters. The lowest BCUT2D eigenvalue weighted by Crippen LogP contribution is -2.35. The molecule has 3 amide bonds. The van der Waals surface area contributed by atoms with E-state index in [1.807, 2.05) is 5.43 Å². The quantitative estimate of drug-likeness (QED) is 0.321. The van der Waals surface area contributed by atoms with E-state index in [1.54, 1.807) is 24.3 Å². The first kappa shape index (κ1) is 15.4. The summed E-state index contributed by atoms with van der Waals surface area (Å²) in [5.41, 5.74) is 2.94. The number of hydrogen-bond donors (Lipinski definition) is 1. The summed E-state index contributed by atoms with van der Waals surface area (Å²) >= 11 is 0. The molecule has 1 aliphatic heterocycles. The van der Waals surface area contributed by atoms with Gasteiger partial charge in [-0.3, -0.25) is 19.3 Å². The molecular weight excluding hydrogens is 290 g/mol. The topological polar surface area (TPSA) is 119 Å². The molecule has 8 nitrogen and oxygen atoms in total. The lowest BCUT2D eigenvalue weighted by Gasteiger charge is -2.13. The number of amides is 3. The van der Waals surface area contributed by atoms with Crippen molar-refractivity contribution in [2.75, 3.05) is 6.54 Å². The van der Waals surface area contributed by atoms with Crippen LogP contribution in [0, 0.1) is 0 Å². The van der Waals surface area contributed by atoms with Crippen LogP contribution in [0.2, 0.25) is 0 Å². The highest BCUT2D eigenvalue weighted by atomic mass is 16.4. The third-order valence-electron chi connectivity index (χ3n) is 2.94. The van der Waals surface area contributed by atoms with Crippen LogP contribution in [-0.2, 0) is 9.59 Å². The standard InChI is InChI=1S/C14H13N3O5/c1-8(15-16-11(18)6-12(19)20)7-17-13(21)9-4-2-3-5-10(9)14(17)22/h2-5H,6-7H2,1H3,(H,16,18)(H,19,20)/p-1/b15-8-. The Bertz CT molecular complexity index is 660. The fraction of sp³-hybridized carbons (Fsp3) is 0.214. The zero-order valence-corrected chi connectivity index (χ0v) is 11.7. The summed E-state index contributed by atoms with van der Waals surface area (Å²) in [4.78, 5) is 46.6.